The van der Waals surface area contributed by atoms with E-state index in [1.54, 1.807) is 12.1 Å². The highest BCUT2D eigenvalue weighted by molar-refractivity contribution is 8.89. The maximum absolute atomic E-state index is 10.2. The molecule has 6 heteroatoms. The van der Waals surface area contributed by atoms with Crippen LogP contribution in [0.15, 0.2) is 29.2 Å². The van der Waals surface area contributed by atoms with Crippen LogP contribution >= 0.6 is 20.4 Å². The largest absolute Gasteiger partial charge is 0.379 e. The molecule has 1 fully saturated rings. The second-order valence-electron chi connectivity index (χ2n) is 4.94. The maximum atomic E-state index is 10.2. The van der Waals surface area contributed by atoms with Crippen molar-refractivity contribution >= 4 is 20.4 Å². The van der Waals surface area contributed by atoms with Crippen molar-refractivity contribution in [3.05, 3.63) is 29.8 Å². The summed E-state index contributed by atoms with van der Waals surface area (Å²) in [5, 5.41) is 0. The lowest BCUT2D eigenvalue weighted by Gasteiger charge is -2.31. The molecule has 0 atom stereocenters. The fourth-order valence-corrected chi connectivity index (χ4v) is 4.97. The summed E-state index contributed by atoms with van der Waals surface area (Å²) in [6.07, 6.45) is 0.965. The summed E-state index contributed by atoms with van der Waals surface area (Å²) in [6.45, 7) is 6.58. The third-order valence-electron chi connectivity index (χ3n) is 3.30. The van der Waals surface area contributed by atoms with E-state index in [-0.39, 0.29) is 0 Å². The quantitative estimate of drug-likeness (QED) is 0.621. The van der Waals surface area contributed by atoms with Gasteiger partial charge in [0.1, 0.15) is 0 Å². The molecule has 1 aromatic carbocycles. The Balaban J connectivity index is 1.73. The highest BCUT2D eigenvalue weighted by Crippen LogP contribution is 2.59. The average molecular weight is 317 g/mol. The first-order valence-electron chi connectivity index (χ1n) is 6.87. The zero-order valence-electron chi connectivity index (χ0n) is 11.8. The summed E-state index contributed by atoms with van der Waals surface area (Å²) in [7, 11) is -1.44. The monoisotopic (exact) mass is 317 g/mol. The van der Waals surface area contributed by atoms with Crippen molar-refractivity contribution in [1.82, 2.24) is 4.90 Å². The Kier molecular flexibility index (Phi) is 6.20. The summed E-state index contributed by atoms with van der Waals surface area (Å²) in [4.78, 5) is 2.99. The standard InChI is InChI=1S/C14H23NO3S2/c1-13-3-5-14(6-4-13)20(16,17)19-12-2-7-15-8-10-18-11-9-15/h3-6,16-17H,2,7-12H2,1H3. The second kappa shape index (κ2) is 7.68. The van der Waals surface area contributed by atoms with Crippen LogP contribution in [0.3, 0.4) is 0 Å². The smallest absolute Gasteiger partial charge is 0.0701 e. The van der Waals surface area contributed by atoms with Crippen molar-refractivity contribution < 1.29 is 13.8 Å². The van der Waals surface area contributed by atoms with E-state index in [2.05, 4.69) is 4.90 Å². The number of hydrogen-bond acceptors (Lipinski definition) is 5. The molecule has 114 valence electrons. The molecule has 0 radical (unpaired) electrons. The Hall–Kier alpha value is -0.240. The SMILES string of the molecule is Cc1ccc(S(O)(O)SCCCN2CCOCC2)cc1. The normalized spacial score (nSPS) is 18.1. The third kappa shape index (κ3) is 4.95. The van der Waals surface area contributed by atoms with Gasteiger partial charge in [-0.15, -0.1) is 9.62 Å². The number of hydrogen-bond donors (Lipinski definition) is 2. The van der Waals surface area contributed by atoms with Crippen LogP contribution < -0.4 is 0 Å². The van der Waals surface area contributed by atoms with Gasteiger partial charge in [-0.2, -0.15) is 0 Å². The molecule has 20 heavy (non-hydrogen) atoms. The maximum Gasteiger partial charge on any atom is 0.0701 e. The van der Waals surface area contributed by atoms with E-state index in [9.17, 15) is 9.11 Å². The van der Waals surface area contributed by atoms with Crippen LogP contribution in [-0.2, 0) is 4.74 Å². The molecule has 0 saturated carbocycles. The molecule has 0 amide bonds. The number of ether oxygens (including phenoxy) is 1. The molecule has 1 heterocycles. The molecular formula is C14H23NO3S2. The van der Waals surface area contributed by atoms with Gasteiger partial charge in [-0.05, 0) is 42.8 Å². The number of rotatable bonds is 6. The highest BCUT2D eigenvalue weighted by Gasteiger charge is 2.16. The van der Waals surface area contributed by atoms with Gasteiger partial charge in [-0.3, -0.25) is 14.0 Å². The number of aryl methyl sites for hydroxylation is 1. The van der Waals surface area contributed by atoms with Crippen LogP contribution in [0, 0.1) is 6.92 Å². The molecule has 1 aliphatic heterocycles. The van der Waals surface area contributed by atoms with E-state index in [1.165, 1.54) is 10.8 Å². The van der Waals surface area contributed by atoms with Gasteiger partial charge >= 0.3 is 0 Å². The van der Waals surface area contributed by atoms with Crippen molar-refractivity contribution in [2.75, 3.05) is 38.6 Å². The van der Waals surface area contributed by atoms with Crippen LogP contribution in [0.2, 0.25) is 0 Å². The molecule has 0 aromatic heterocycles. The van der Waals surface area contributed by atoms with Gasteiger partial charge in [0.25, 0.3) is 0 Å². The Morgan fingerprint density at radius 1 is 1.20 bits per heavy atom. The molecule has 0 unspecified atom stereocenters. The van der Waals surface area contributed by atoms with Gasteiger partial charge in [0, 0.05) is 18.8 Å². The zero-order valence-corrected chi connectivity index (χ0v) is 13.5. The third-order valence-corrected chi connectivity index (χ3v) is 7.03. The molecular weight excluding hydrogens is 294 g/mol. The van der Waals surface area contributed by atoms with Gasteiger partial charge in [0.05, 0.1) is 18.1 Å². The first-order valence-corrected chi connectivity index (χ1v) is 9.92. The molecule has 2 N–H and O–H groups in total. The number of morpholine rings is 1. The van der Waals surface area contributed by atoms with Gasteiger partial charge in [0.15, 0.2) is 0 Å². The summed E-state index contributed by atoms with van der Waals surface area (Å²) >= 11 is 0. The zero-order chi connectivity index (χ0) is 14.4. The van der Waals surface area contributed by atoms with Crippen LogP contribution in [0.4, 0.5) is 0 Å². The second-order valence-corrected chi connectivity index (χ2v) is 9.15. The van der Waals surface area contributed by atoms with Crippen molar-refractivity contribution in [2.24, 2.45) is 0 Å². The van der Waals surface area contributed by atoms with E-state index in [1.807, 2.05) is 19.1 Å². The lowest BCUT2D eigenvalue weighted by molar-refractivity contribution is 0.0381. The first kappa shape index (κ1) is 16.1. The van der Waals surface area contributed by atoms with Crippen molar-refractivity contribution in [1.29, 1.82) is 0 Å². The van der Waals surface area contributed by atoms with E-state index in [4.69, 9.17) is 4.74 Å². The summed E-state index contributed by atoms with van der Waals surface area (Å²) in [5.74, 6) is 0.758. The van der Waals surface area contributed by atoms with Crippen molar-refractivity contribution in [2.45, 2.75) is 18.2 Å². The van der Waals surface area contributed by atoms with Crippen LogP contribution in [0.5, 0.6) is 0 Å². The van der Waals surface area contributed by atoms with E-state index in [0.29, 0.717) is 4.90 Å². The summed E-state index contributed by atoms with van der Waals surface area (Å²) in [5.41, 5.74) is 1.13. The van der Waals surface area contributed by atoms with Gasteiger partial charge in [-0.25, -0.2) is 0 Å². The predicted molar refractivity (Wildman–Crippen MR) is 86.6 cm³/mol. The highest BCUT2D eigenvalue weighted by atomic mass is 33.2. The minimum atomic E-state index is -2.71. The predicted octanol–water partition coefficient (Wildman–Crippen LogP) is 3.48. The lowest BCUT2D eigenvalue weighted by Crippen LogP contribution is -2.37. The average Bonchev–Trinajstić information content (AvgIpc) is 2.45. The number of benzene rings is 1. The Labute approximate surface area is 126 Å². The molecule has 0 spiro atoms. The van der Waals surface area contributed by atoms with Crippen LogP contribution in [-0.4, -0.2) is 52.6 Å². The summed E-state index contributed by atoms with van der Waals surface area (Å²) < 4.78 is 25.7. The lowest BCUT2D eigenvalue weighted by atomic mass is 10.2. The van der Waals surface area contributed by atoms with Gasteiger partial charge < -0.3 is 4.74 Å². The summed E-state index contributed by atoms with van der Waals surface area (Å²) in [6, 6.07) is 7.44. The molecule has 1 aromatic rings. The fourth-order valence-electron chi connectivity index (χ4n) is 2.07. The minimum Gasteiger partial charge on any atom is -0.379 e. The fraction of sp³-hybridized carbons (Fsp3) is 0.571. The molecule has 0 bridgehead atoms. The molecule has 0 aliphatic carbocycles. The molecule has 2 rings (SSSR count). The van der Waals surface area contributed by atoms with Crippen LogP contribution in [0.1, 0.15) is 12.0 Å². The van der Waals surface area contributed by atoms with Crippen LogP contribution in [0.25, 0.3) is 0 Å². The van der Waals surface area contributed by atoms with E-state index in [0.717, 1.165) is 50.6 Å². The van der Waals surface area contributed by atoms with E-state index < -0.39 is 9.62 Å². The molecule has 1 aliphatic rings. The molecule has 4 nitrogen and oxygen atoms in total. The number of nitrogens with zero attached hydrogens (tertiary/aromatic N) is 1. The Morgan fingerprint density at radius 3 is 2.50 bits per heavy atom. The minimum absolute atomic E-state index is 0.625. The Morgan fingerprint density at radius 2 is 1.85 bits per heavy atom. The molecule has 1 saturated heterocycles. The Bertz CT molecular complexity index is 405. The van der Waals surface area contributed by atoms with E-state index >= 15 is 0 Å². The topological polar surface area (TPSA) is 52.9 Å². The van der Waals surface area contributed by atoms with Crippen molar-refractivity contribution in [3.63, 3.8) is 0 Å². The first-order chi connectivity index (χ1) is 9.58. The van der Waals surface area contributed by atoms with Crippen molar-refractivity contribution in [3.8, 4) is 0 Å². The van der Waals surface area contributed by atoms with Gasteiger partial charge in [0.2, 0.25) is 0 Å². The van der Waals surface area contributed by atoms with Gasteiger partial charge in [-0.1, -0.05) is 17.7 Å².